The van der Waals surface area contributed by atoms with E-state index in [2.05, 4.69) is 26.0 Å². The number of benzene rings is 1. The molecule has 2 N–H and O–H groups in total. The van der Waals surface area contributed by atoms with Crippen molar-refractivity contribution in [3.63, 3.8) is 0 Å². The first kappa shape index (κ1) is 15.5. The molecule has 18 heavy (non-hydrogen) atoms. The number of unbranched alkanes of at least 4 members (excludes halogenated alkanes) is 1. The third-order valence-corrected chi connectivity index (χ3v) is 4.23. The Bertz CT molecular complexity index is 463. The molecule has 0 saturated carbocycles. The first-order valence-corrected chi connectivity index (χ1v) is 8.45. The van der Waals surface area contributed by atoms with Crippen LogP contribution >= 0.6 is 15.9 Å². The fourth-order valence-corrected chi connectivity index (χ4v) is 3.07. The highest BCUT2D eigenvalue weighted by Gasteiger charge is 2.09. The smallest absolute Gasteiger partial charge is 0.232 e. The Balaban J connectivity index is 2.40. The number of hydrogen-bond acceptors (Lipinski definition) is 3. The zero-order valence-corrected chi connectivity index (χ0v) is 12.9. The van der Waals surface area contributed by atoms with Crippen LogP contribution in [0.15, 0.2) is 28.7 Å². The van der Waals surface area contributed by atoms with E-state index in [0.717, 1.165) is 24.0 Å². The molecule has 0 aliphatic rings. The van der Waals surface area contributed by atoms with Crippen LogP contribution in [0.4, 0.5) is 5.69 Å². The number of nitrogens with one attached hydrogen (secondary N) is 2. The monoisotopic (exact) mass is 334 g/mol. The zero-order chi connectivity index (χ0) is 13.4. The van der Waals surface area contributed by atoms with Gasteiger partial charge in [0.05, 0.1) is 5.75 Å². The lowest BCUT2D eigenvalue weighted by Gasteiger charge is -2.08. The van der Waals surface area contributed by atoms with Gasteiger partial charge in [-0.2, -0.15) is 0 Å². The van der Waals surface area contributed by atoms with Crippen LogP contribution < -0.4 is 10.0 Å². The van der Waals surface area contributed by atoms with Gasteiger partial charge in [0.1, 0.15) is 0 Å². The SMILES string of the molecule is CCNCCCCS(=O)(=O)Nc1cccc(Br)c1. The molecule has 0 heterocycles. The molecule has 0 saturated heterocycles. The summed E-state index contributed by atoms with van der Waals surface area (Å²) < 4.78 is 27.0. The predicted octanol–water partition coefficient (Wildman–Crippen LogP) is 2.58. The Morgan fingerprint density at radius 3 is 2.72 bits per heavy atom. The quantitative estimate of drug-likeness (QED) is 0.718. The molecule has 1 rings (SSSR count). The molecule has 0 aliphatic carbocycles. The van der Waals surface area contributed by atoms with E-state index >= 15 is 0 Å². The van der Waals surface area contributed by atoms with Crippen LogP contribution in [0.25, 0.3) is 0 Å². The summed E-state index contributed by atoms with van der Waals surface area (Å²) in [6.07, 6.45) is 1.53. The van der Waals surface area contributed by atoms with Crippen LogP contribution in [-0.2, 0) is 10.0 Å². The summed E-state index contributed by atoms with van der Waals surface area (Å²) in [5.74, 6) is 0.158. The van der Waals surface area contributed by atoms with E-state index in [1.165, 1.54) is 0 Å². The largest absolute Gasteiger partial charge is 0.317 e. The number of anilines is 1. The van der Waals surface area contributed by atoms with Crippen molar-refractivity contribution < 1.29 is 8.42 Å². The summed E-state index contributed by atoms with van der Waals surface area (Å²) in [5, 5.41) is 3.17. The molecule has 0 fully saturated rings. The van der Waals surface area contributed by atoms with Gasteiger partial charge < -0.3 is 5.32 Å². The van der Waals surface area contributed by atoms with Gasteiger partial charge in [0.2, 0.25) is 10.0 Å². The maximum atomic E-state index is 11.8. The van der Waals surface area contributed by atoms with E-state index in [0.29, 0.717) is 12.1 Å². The van der Waals surface area contributed by atoms with E-state index in [1.807, 2.05) is 13.0 Å². The first-order valence-electron chi connectivity index (χ1n) is 6.00. The normalized spacial score (nSPS) is 11.4. The minimum absolute atomic E-state index is 0.158. The van der Waals surface area contributed by atoms with Gasteiger partial charge in [-0.05, 0) is 44.1 Å². The fourth-order valence-electron chi connectivity index (χ4n) is 1.50. The molecular formula is C12H19BrN2O2S. The maximum Gasteiger partial charge on any atom is 0.232 e. The molecule has 0 atom stereocenters. The summed E-state index contributed by atoms with van der Waals surface area (Å²) in [7, 11) is -3.24. The molecular weight excluding hydrogens is 316 g/mol. The molecule has 0 aromatic heterocycles. The Hall–Kier alpha value is -0.590. The average Bonchev–Trinajstić information content (AvgIpc) is 2.28. The Morgan fingerprint density at radius 2 is 2.06 bits per heavy atom. The van der Waals surface area contributed by atoms with E-state index in [9.17, 15) is 8.42 Å². The number of sulfonamides is 1. The zero-order valence-electron chi connectivity index (χ0n) is 10.4. The Labute approximate surface area is 117 Å². The molecule has 0 spiro atoms. The van der Waals surface area contributed by atoms with Gasteiger partial charge in [-0.1, -0.05) is 28.9 Å². The summed E-state index contributed by atoms with van der Waals surface area (Å²) >= 11 is 3.31. The Morgan fingerprint density at radius 1 is 1.28 bits per heavy atom. The van der Waals surface area contributed by atoms with Gasteiger partial charge >= 0.3 is 0 Å². The molecule has 1 aromatic rings. The first-order chi connectivity index (χ1) is 8.53. The number of rotatable bonds is 8. The lowest BCUT2D eigenvalue weighted by atomic mass is 10.3. The summed E-state index contributed by atoms with van der Waals surface area (Å²) in [6.45, 7) is 3.82. The standard InChI is InChI=1S/C12H19BrN2O2S/c1-2-14-8-3-4-9-18(16,17)15-12-7-5-6-11(13)10-12/h5-7,10,14-15H,2-4,8-9H2,1H3. The van der Waals surface area contributed by atoms with Gasteiger partial charge in [0.25, 0.3) is 0 Å². The summed E-state index contributed by atoms with van der Waals surface area (Å²) in [6, 6.07) is 7.14. The molecule has 6 heteroatoms. The average molecular weight is 335 g/mol. The van der Waals surface area contributed by atoms with Gasteiger partial charge in [0.15, 0.2) is 0 Å². The van der Waals surface area contributed by atoms with Crippen molar-refractivity contribution in [2.75, 3.05) is 23.6 Å². The minimum Gasteiger partial charge on any atom is -0.317 e. The van der Waals surface area contributed by atoms with E-state index in [1.54, 1.807) is 18.2 Å². The molecule has 0 aliphatic heterocycles. The van der Waals surface area contributed by atoms with Crippen molar-refractivity contribution in [1.82, 2.24) is 5.32 Å². The maximum absolute atomic E-state index is 11.8. The van der Waals surface area contributed by atoms with Crippen molar-refractivity contribution in [3.8, 4) is 0 Å². The topological polar surface area (TPSA) is 58.2 Å². The van der Waals surface area contributed by atoms with Crippen molar-refractivity contribution >= 4 is 31.6 Å². The second-order valence-corrected chi connectivity index (χ2v) is 6.75. The molecule has 0 radical (unpaired) electrons. The van der Waals surface area contributed by atoms with E-state index in [4.69, 9.17) is 0 Å². The van der Waals surface area contributed by atoms with Crippen LogP contribution in [0.1, 0.15) is 19.8 Å². The van der Waals surface area contributed by atoms with Crippen LogP contribution in [0.2, 0.25) is 0 Å². The molecule has 0 unspecified atom stereocenters. The second-order valence-electron chi connectivity index (χ2n) is 3.99. The van der Waals surface area contributed by atoms with Crippen molar-refractivity contribution in [3.05, 3.63) is 28.7 Å². The van der Waals surface area contributed by atoms with Gasteiger partial charge in [-0.25, -0.2) is 8.42 Å². The van der Waals surface area contributed by atoms with Crippen LogP contribution in [0.5, 0.6) is 0 Å². The third kappa shape index (κ3) is 6.37. The van der Waals surface area contributed by atoms with Crippen LogP contribution in [0, 0.1) is 0 Å². The second kappa shape index (κ2) is 7.76. The molecule has 0 bridgehead atoms. The van der Waals surface area contributed by atoms with Crippen molar-refractivity contribution in [2.45, 2.75) is 19.8 Å². The highest BCUT2D eigenvalue weighted by Crippen LogP contribution is 2.17. The summed E-state index contributed by atoms with van der Waals surface area (Å²) in [4.78, 5) is 0. The lowest BCUT2D eigenvalue weighted by molar-refractivity contribution is 0.593. The van der Waals surface area contributed by atoms with Gasteiger partial charge in [-0.3, -0.25) is 4.72 Å². The summed E-state index contributed by atoms with van der Waals surface area (Å²) in [5.41, 5.74) is 0.594. The van der Waals surface area contributed by atoms with Crippen molar-refractivity contribution in [1.29, 1.82) is 0 Å². The lowest BCUT2D eigenvalue weighted by Crippen LogP contribution is -2.19. The highest BCUT2D eigenvalue weighted by atomic mass is 79.9. The van der Waals surface area contributed by atoms with E-state index in [-0.39, 0.29) is 5.75 Å². The number of halogens is 1. The van der Waals surface area contributed by atoms with Gasteiger partial charge in [0, 0.05) is 10.2 Å². The molecule has 4 nitrogen and oxygen atoms in total. The predicted molar refractivity (Wildman–Crippen MR) is 79.3 cm³/mol. The van der Waals surface area contributed by atoms with Crippen LogP contribution in [-0.4, -0.2) is 27.3 Å². The van der Waals surface area contributed by atoms with Gasteiger partial charge in [-0.15, -0.1) is 0 Å². The van der Waals surface area contributed by atoms with Crippen LogP contribution in [0.3, 0.4) is 0 Å². The highest BCUT2D eigenvalue weighted by molar-refractivity contribution is 9.10. The van der Waals surface area contributed by atoms with E-state index < -0.39 is 10.0 Å². The Kier molecular flexibility index (Phi) is 6.67. The molecule has 0 amide bonds. The molecule has 102 valence electrons. The molecule has 1 aromatic carbocycles. The number of hydrogen-bond donors (Lipinski definition) is 2. The van der Waals surface area contributed by atoms with Crippen molar-refractivity contribution in [2.24, 2.45) is 0 Å². The minimum atomic E-state index is -3.24. The third-order valence-electron chi connectivity index (χ3n) is 2.36. The fraction of sp³-hybridized carbons (Fsp3) is 0.500.